The Bertz CT molecular complexity index is 537. The highest BCUT2D eigenvalue weighted by Gasteiger charge is 2.08. The van der Waals surface area contributed by atoms with Crippen LogP contribution in [-0.4, -0.2) is 19.3 Å². The molecule has 5 nitrogen and oxygen atoms in total. The quantitative estimate of drug-likeness (QED) is 0.839. The van der Waals surface area contributed by atoms with Gasteiger partial charge in [-0.25, -0.2) is 0 Å². The Balaban J connectivity index is 2.17. The van der Waals surface area contributed by atoms with Gasteiger partial charge >= 0.3 is 0 Å². The van der Waals surface area contributed by atoms with Crippen LogP contribution in [0.25, 0.3) is 0 Å². The van der Waals surface area contributed by atoms with Gasteiger partial charge in [-0.05, 0) is 13.0 Å². The van der Waals surface area contributed by atoms with E-state index in [-0.39, 0.29) is 0 Å². The maximum Gasteiger partial charge on any atom is 0.133 e. The molecular formula is C13H17N3O2. The normalized spacial score (nSPS) is 10.4. The van der Waals surface area contributed by atoms with E-state index < -0.39 is 0 Å². The average molecular weight is 247 g/mol. The molecule has 5 heteroatoms. The van der Waals surface area contributed by atoms with Crippen LogP contribution in [0.4, 0.5) is 11.4 Å². The molecule has 0 aliphatic heterocycles. The van der Waals surface area contributed by atoms with Gasteiger partial charge < -0.3 is 19.9 Å². The van der Waals surface area contributed by atoms with Crippen molar-refractivity contribution in [3.05, 3.63) is 35.7 Å². The topological polar surface area (TPSA) is 64.5 Å². The maximum absolute atomic E-state index is 5.83. The van der Waals surface area contributed by atoms with Crippen LogP contribution in [0.3, 0.4) is 0 Å². The lowest BCUT2D eigenvalue weighted by Crippen LogP contribution is -2.16. The van der Waals surface area contributed by atoms with Crippen molar-refractivity contribution < 1.29 is 9.26 Å². The number of nitrogens with two attached hydrogens (primary N) is 1. The summed E-state index contributed by atoms with van der Waals surface area (Å²) in [5.41, 5.74) is 8.37. The van der Waals surface area contributed by atoms with Crippen molar-refractivity contribution in [2.75, 3.05) is 24.8 Å². The Morgan fingerprint density at radius 2 is 2.11 bits per heavy atom. The first-order chi connectivity index (χ1) is 8.58. The van der Waals surface area contributed by atoms with E-state index in [1.54, 1.807) is 13.2 Å². The fraction of sp³-hybridized carbons (Fsp3) is 0.308. The number of nitrogens with zero attached hydrogens (tertiary/aromatic N) is 2. The molecule has 0 fully saturated rings. The third-order valence-electron chi connectivity index (χ3n) is 2.67. The molecule has 1 heterocycles. The third kappa shape index (κ3) is 2.74. The standard InChI is InChI=1S/C13H17N3O2/c1-9-4-11(15-18-9)8-16(2)12-5-10(14)6-13(7-12)17-3/h4-7H,8,14H2,1-3H3. The van der Waals surface area contributed by atoms with Gasteiger partial charge in [0.25, 0.3) is 0 Å². The first kappa shape index (κ1) is 12.3. The Kier molecular flexibility index (Phi) is 3.41. The average Bonchev–Trinajstić information content (AvgIpc) is 2.73. The fourth-order valence-electron chi connectivity index (χ4n) is 1.77. The molecular weight excluding hydrogens is 230 g/mol. The summed E-state index contributed by atoms with van der Waals surface area (Å²) in [6.07, 6.45) is 0. The second-order valence-electron chi connectivity index (χ2n) is 4.25. The summed E-state index contributed by atoms with van der Waals surface area (Å²) in [7, 11) is 3.60. The van der Waals surface area contributed by atoms with E-state index >= 15 is 0 Å². The van der Waals surface area contributed by atoms with Crippen LogP contribution >= 0.6 is 0 Å². The van der Waals surface area contributed by atoms with Gasteiger partial charge in [0.05, 0.1) is 13.7 Å². The van der Waals surface area contributed by atoms with Crippen molar-refractivity contribution in [2.45, 2.75) is 13.5 Å². The summed E-state index contributed by atoms with van der Waals surface area (Å²) >= 11 is 0. The molecule has 0 saturated heterocycles. The summed E-state index contributed by atoms with van der Waals surface area (Å²) in [6.45, 7) is 2.53. The smallest absolute Gasteiger partial charge is 0.133 e. The van der Waals surface area contributed by atoms with E-state index in [0.717, 1.165) is 22.9 Å². The summed E-state index contributed by atoms with van der Waals surface area (Å²) in [5.74, 6) is 1.55. The van der Waals surface area contributed by atoms with E-state index in [9.17, 15) is 0 Å². The minimum absolute atomic E-state index is 0.657. The minimum atomic E-state index is 0.657. The van der Waals surface area contributed by atoms with Gasteiger partial charge in [-0.1, -0.05) is 5.16 Å². The first-order valence-corrected chi connectivity index (χ1v) is 5.66. The molecule has 0 atom stereocenters. The molecule has 0 saturated carbocycles. The molecule has 0 aliphatic rings. The number of aryl methyl sites for hydroxylation is 1. The Labute approximate surface area is 106 Å². The molecule has 96 valence electrons. The second kappa shape index (κ2) is 5.00. The molecule has 0 bridgehead atoms. The molecule has 2 N–H and O–H groups in total. The number of anilines is 2. The van der Waals surface area contributed by atoms with Gasteiger partial charge in [-0.15, -0.1) is 0 Å². The van der Waals surface area contributed by atoms with Crippen molar-refractivity contribution in [3.8, 4) is 5.75 Å². The zero-order chi connectivity index (χ0) is 13.1. The molecule has 0 aliphatic carbocycles. The van der Waals surface area contributed by atoms with Crippen molar-refractivity contribution in [1.29, 1.82) is 0 Å². The molecule has 0 amide bonds. The van der Waals surface area contributed by atoms with E-state index in [2.05, 4.69) is 5.16 Å². The Morgan fingerprint density at radius 3 is 2.72 bits per heavy atom. The highest BCUT2D eigenvalue weighted by Crippen LogP contribution is 2.25. The third-order valence-corrected chi connectivity index (χ3v) is 2.67. The lowest BCUT2D eigenvalue weighted by Gasteiger charge is -2.19. The molecule has 0 radical (unpaired) electrons. The number of methoxy groups -OCH3 is 1. The van der Waals surface area contributed by atoms with Crippen LogP contribution in [-0.2, 0) is 6.54 Å². The van der Waals surface area contributed by atoms with Crippen molar-refractivity contribution >= 4 is 11.4 Å². The number of nitrogen functional groups attached to an aromatic ring is 1. The molecule has 1 aromatic carbocycles. The summed E-state index contributed by atoms with van der Waals surface area (Å²) in [4.78, 5) is 2.04. The van der Waals surface area contributed by atoms with Gasteiger partial charge in [-0.3, -0.25) is 0 Å². The van der Waals surface area contributed by atoms with Crippen LogP contribution in [0.1, 0.15) is 11.5 Å². The molecule has 18 heavy (non-hydrogen) atoms. The van der Waals surface area contributed by atoms with E-state index in [1.165, 1.54) is 0 Å². The predicted octanol–water partition coefficient (Wildman–Crippen LogP) is 2.21. The zero-order valence-electron chi connectivity index (χ0n) is 10.8. The number of rotatable bonds is 4. The van der Waals surface area contributed by atoms with Crippen molar-refractivity contribution in [1.82, 2.24) is 5.16 Å². The molecule has 0 unspecified atom stereocenters. The fourth-order valence-corrected chi connectivity index (χ4v) is 1.77. The van der Waals surface area contributed by atoms with Gasteiger partial charge in [0.2, 0.25) is 0 Å². The lowest BCUT2D eigenvalue weighted by atomic mass is 10.2. The summed E-state index contributed by atoms with van der Waals surface area (Å²) in [6, 6.07) is 7.54. The number of ether oxygens (including phenoxy) is 1. The highest BCUT2D eigenvalue weighted by molar-refractivity contribution is 5.60. The van der Waals surface area contributed by atoms with Gasteiger partial charge in [0.15, 0.2) is 0 Å². The molecule has 0 spiro atoms. The summed E-state index contributed by atoms with van der Waals surface area (Å²) in [5, 5.41) is 3.97. The van der Waals surface area contributed by atoms with Gasteiger partial charge in [0, 0.05) is 36.6 Å². The first-order valence-electron chi connectivity index (χ1n) is 5.66. The van der Waals surface area contributed by atoms with Crippen LogP contribution in [0, 0.1) is 6.92 Å². The van der Waals surface area contributed by atoms with Crippen molar-refractivity contribution in [3.63, 3.8) is 0 Å². The zero-order valence-corrected chi connectivity index (χ0v) is 10.8. The number of benzene rings is 1. The van der Waals surface area contributed by atoms with Gasteiger partial charge in [0.1, 0.15) is 17.2 Å². The minimum Gasteiger partial charge on any atom is -0.497 e. The number of hydrogen-bond acceptors (Lipinski definition) is 5. The Morgan fingerprint density at radius 1 is 1.33 bits per heavy atom. The largest absolute Gasteiger partial charge is 0.497 e. The number of aromatic nitrogens is 1. The van der Waals surface area contributed by atoms with Gasteiger partial charge in [-0.2, -0.15) is 0 Å². The van der Waals surface area contributed by atoms with E-state index in [1.807, 2.05) is 37.1 Å². The van der Waals surface area contributed by atoms with E-state index in [4.69, 9.17) is 15.0 Å². The maximum atomic E-state index is 5.83. The predicted molar refractivity (Wildman–Crippen MR) is 70.8 cm³/mol. The second-order valence-corrected chi connectivity index (χ2v) is 4.25. The number of hydrogen-bond donors (Lipinski definition) is 1. The van der Waals surface area contributed by atoms with Crippen LogP contribution in [0.15, 0.2) is 28.8 Å². The van der Waals surface area contributed by atoms with Crippen LogP contribution < -0.4 is 15.4 Å². The monoisotopic (exact) mass is 247 g/mol. The van der Waals surface area contributed by atoms with Crippen molar-refractivity contribution in [2.24, 2.45) is 0 Å². The summed E-state index contributed by atoms with van der Waals surface area (Å²) < 4.78 is 10.2. The Hall–Kier alpha value is -2.17. The molecule has 2 rings (SSSR count). The van der Waals surface area contributed by atoms with E-state index in [0.29, 0.717) is 12.2 Å². The highest BCUT2D eigenvalue weighted by atomic mass is 16.5. The molecule has 1 aromatic heterocycles. The van der Waals surface area contributed by atoms with Crippen LogP contribution in [0.5, 0.6) is 5.75 Å². The van der Waals surface area contributed by atoms with Crippen LogP contribution in [0.2, 0.25) is 0 Å². The SMILES string of the molecule is COc1cc(N)cc(N(C)Cc2cc(C)on2)c1. The molecule has 2 aromatic rings. The lowest BCUT2D eigenvalue weighted by molar-refractivity contribution is 0.390.